The highest BCUT2D eigenvalue weighted by Crippen LogP contribution is 2.56. The maximum Gasteiger partial charge on any atom is 0.233 e. The van der Waals surface area contributed by atoms with Crippen molar-refractivity contribution < 1.29 is 29.4 Å². The molecule has 4 aliphatic rings. The van der Waals surface area contributed by atoms with E-state index in [-0.39, 0.29) is 47.8 Å². The Hall–Kier alpha value is -4.78. The number of rotatable bonds is 4. The third kappa shape index (κ3) is 3.87. The summed E-state index contributed by atoms with van der Waals surface area (Å²) in [5, 5.41) is 21.6. The number of imide groups is 1. The smallest absolute Gasteiger partial charge is 0.233 e. The zero-order valence-electron chi connectivity index (χ0n) is 23.0. The van der Waals surface area contributed by atoms with Gasteiger partial charge < -0.3 is 10.2 Å². The first-order valence-electron chi connectivity index (χ1n) is 14.3. The minimum atomic E-state index is -0.619. The molecule has 3 aliphatic carbocycles. The number of benzene rings is 3. The number of carbonyl (C=O) groups excluding carboxylic acids is 4. The first-order valence-corrected chi connectivity index (χ1v) is 14.3. The van der Waals surface area contributed by atoms with E-state index >= 15 is 0 Å². The molecule has 0 saturated carbocycles. The Morgan fingerprint density at radius 3 is 2.36 bits per heavy atom. The molecule has 0 bridgehead atoms. The van der Waals surface area contributed by atoms with E-state index in [1.807, 2.05) is 30.3 Å². The molecule has 0 radical (unpaired) electrons. The average Bonchev–Trinajstić information content (AvgIpc) is 3.24. The Balaban J connectivity index is 1.31. The second-order valence-electron chi connectivity index (χ2n) is 11.7. The highest BCUT2D eigenvalue weighted by molar-refractivity contribution is 6.24. The van der Waals surface area contributed by atoms with Crippen LogP contribution >= 0.6 is 0 Å². The molecule has 3 aromatic carbocycles. The molecule has 7 nitrogen and oxygen atoms in total. The second kappa shape index (κ2) is 9.65. The number of phenols is 2. The van der Waals surface area contributed by atoms with Crippen molar-refractivity contribution in [2.45, 2.75) is 32.1 Å². The summed E-state index contributed by atoms with van der Waals surface area (Å²) in [4.78, 5) is 56.0. The van der Waals surface area contributed by atoms with Crippen LogP contribution in [0.4, 0.5) is 0 Å². The Labute approximate surface area is 242 Å². The molecular weight excluding hydrogens is 530 g/mol. The molecule has 0 spiro atoms. The molecule has 210 valence electrons. The molecule has 2 N–H and O–H groups in total. The van der Waals surface area contributed by atoms with Gasteiger partial charge in [-0.3, -0.25) is 24.1 Å². The summed E-state index contributed by atoms with van der Waals surface area (Å²) < 4.78 is 0. The molecule has 1 saturated heterocycles. The van der Waals surface area contributed by atoms with E-state index in [4.69, 9.17) is 0 Å². The van der Waals surface area contributed by atoms with E-state index in [2.05, 4.69) is 0 Å². The number of Topliss-reactive ketones (excluding diaryl/α,β-unsaturated/α-hetero) is 1. The molecule has 42 heavy (non-hydrogen) atoms. The van der Waals surface area contributed by atoms with Gasteiger partial charge in [-0.15, -0.1) is 0 Å². The molecule has 4 atom stereocenters. The van der Waals surface area contributed by atoms with Gasteiger partial charge >= 0.3 is 0 Å². The number of allylic oxidation sites excluding steroid dienone is 6. The van der Waals surface area contributed by atoms with E-state index in [1.165, 1.54) is 11.0 Å². The summed E-state index contributed by atoms with van der Waals surface area (Å²) in [6.45, 7) is 1.87. The highest BCUT2D eigenvalue weighted by atomic mass is 16.3. The minimum Gasteiger partial charge on any atom is -0.508 e. The van der Waals surface area contributed by atoms with Crippen LogP contribution in [0.15, 0.2) is 95.1 Å². The quantitative estimate of drug-likeness (QED) is 0.267. The van der Waals surface area contributed by atoms with Gasteiger partial charge in [0.15, 0.2) is 11.6 Å². The van der Waals surface area contributed by atoms with Gasteiger partial charge in [0, 0.05) is 34.6 Å². The summed E-state index contributed by atoms with van der Waals surface area (Å²) in [5.74, 6) is -2.68. The number of carbonyl (C=O) groups is 4. The first kappa shape index (κ1) is 26.1. The molecule has 0 aromatic heterocycles. The van der Waals surface area contributed by atoms with E-state index in [0.717, 1.165) is 22.1 Å². The standard InChI is InChI=1S/C35H29NO6/c1-18-16-29(39)32-27(33(18)40)17-26-24(30(32)23-12-13-28(38)22-5-3-2-4-21(22)23)10-11-25-31(26)35(42)36(34(25)41)15-14-19-6-8-20(37)9-7-19/h2-10,12-13,16,25-26,30-31,37-38H,11,14-15,17H2,1H3. The predicted molar refractivity (Wildman–Crippen MR) is 155 cm³/mol. The molecule has 7 rings (SSSR count). The lowest BCUT2D eigenvalue weighted by Crippen LogP contribution is -2.40. The van der Waals surface area contributed by atoms with E-state index in [9.17, 15) is 29.4 Å². The summed E-state index contributed by atoms with van der Waals surface area (Å²) in [5.41, 5.74) is 3.82. The normalized spacial score (nSPS) is 25.3. The zero-order valence-corrected chi connectivity index (χ0v) is 23.0. The maximum absolute atomic E-state index is 14.0. The lowest BCUT2D eigenvalue weighted by atomic mass is 9.59. The third-order valence-electron chi connectivity index (χ3n) is 9.46. The van der Waals surface area contributed by atoms with Crippen LogP contribution in [-0.2, 0) is 25.6 Å². The van der Waals surface area contributed by atoms with Gasteiger partial charge in [0.1, 0.15) is 11.5 Å². The Morgan fingerprint density at radius 2 is 1.60 bits per heavy atom. The summed E-state index contributed by atoms with van der Waals surface area (Å²) >= 11 is 0. The highest BCUT2D eigenvalue weighted by Gasteiger charge is 2.56. The monoisotopic (exact) mass is 559 g/mol. The van der Waals surface area contributed by atoms with Crippen LogP contribution in [0.3, 0.4) is 0 Å². The zero-order chi connectivity index (χ0) is 29.3. The molecule has 3 aromatic rings. The first-order chi connectivity index (χ1) is 20.2. The van der Waals surface area contributed by atoms with Crippen molar-refractivity contribution >= 4 is 34.2 Å². The number of ketones is 2. The second-order valence-corrected chi connectivity index (χ2v) is 11.7. The van der Waals surface area contributed by atoms with E-state index in [0.29, 0.717) is 34.9 Å². The molecular formula is C35H29NO6. The van der Waals surface area contributed by atoms with Gasteiger partial charge in [-0.25, -0.2) is 0 Å². The van der Waals surface area contributed by atoms with Crippen LogP contribution in [0, 0.1) is 17.8 Å². The van der Waals surface area contributed by atoms with Crippen molar-refractivity contribution in [1.29, 1.82) is 0 Å². The van der Waals surface area contributed by atoms with E-state index in [1.54, 1.807) is 43.3 Å². The van der Waals surface area contributed by atoms with Crippen LogP contribution < -0.4 is 0 Å². The van der Waals surface area contributed by atoms with Crippen molar-refractivity contribution in [3.05, 3.63) is 106 Å². The van der Waals surface area contributed by atoms with Crippen LogP contribution in [-0.4, -0.2) is 45.0 Å². The van der Waals surface area contributed by atoms with Gasteiger partial charge in [-0.1, -0.05) is 54.1 Å². The number of amides is 2. The number of nitrogens with zero attached hydrogens (tertiary/aromatic N) is 1. The number of fused-ring (bicyclic) bond motifs is 4. The fourth-order valence-electron chi connectivity index (χ4n) is 7.48. The lowest BCUT2D eigenvalue weighted by molar-refractivity contribution is -0.140. The predicted octanol–water partition coefficient (Wildman–Crippen LogP) is 4.92. The topological polar surface area (TPSA) is 112 Å². The maximum atomic E-state index is 14.0. The van der Waals surface area contributed by atoms with Gasteiger partial charge in [0.05, 0.1) is 11.8 Å². The Kier molecular flexibility index (Phi) is 6.01. The minimum absolute atomic E-state index is 0.122. The van der Waals surface area contributed by atoms with Crippen molar-refractivity contribution in [1.82, 2.24) is 4.90 Å². The van der Waals surface area contributed by atoms with Crippen LogP contribution in [0.5, 0.6) is 11.5 Å². The summed E-state index contributed by atoms with van der Waals surface area (Å²) in [7, 11) is 0. The average molecular weight is 560 g/mol. The van der Waals surface area contributed by atoms with E-state index < -0.39 is 23.7 Å². The van der Waals surface area contributed by atoms with Crippen molar-refractivity contribution in [2.24, 2.45) is 17.8 Å². The van der Waals surface area contributed by atoms with Crippen LogP contribution in [0.25, 0.3) is 10.8 Å². The number of likely N-dealkylation sites (tertiary alicyclic amines) is 1. The van der Waals surface area contributed by atoms with Crippen molar-refractivity contribution in [3.63, 3.8) is 0 Å². The molecule has 4 unspecified atom stereocenters. The summed E-state index contributed by atoms with van der Waals surface area (Å²) in [6.07, 6.45) is 4.49. The number of hydrogen-bond donors (Lipinski definition) is 2. The fourth-order valence-corrected chi connectivity index (χ4v) is 7.48. The largest absolute Gasteiger partial charge is 0.508 e. The fraction of sp³-hybridized carbons (Fsp3) is 0.257. The van der Waals surface area contributed by atoms with Crippen molar-refractivity contribution in [2.75, 3.05) is 6.54 Å². The SMILES string of the molecule is CC1=CC(=O)C2=C(CC3C(=CCC4C(=O)N(CCc5ccc(O)cc5)C(=O)C43)C2c2ccc(O)c3ccccc23)C1=O. The van der Waals surface area contributed by atoms with Gasteiger partial charge in [0.25, 0.3) is 0 Å². The number of aromatic hydroxyl groups is 2. The third-order valence-corrected chi connectivity index (χ3v) is 9.46. The molecule has 1 fully saturated rings. The van der Waals surface area contributed by atoms with Crippen LogP contribution in [0.2, 0.25) is 0 Å². The molecule has 1 aliphatic heterocycles. The van der Waals surface area contributed by atoms with Gasteiger partial charge in [-0.05, 0) is 72.9 Å². The van der Waals surface area contributed by atoms with Gasteiger partial charge in [0.2, 0.25) is 11.8 Å². The molecule has 1 heterocycles. The van der Waals surface area contributed by atoms with Gasteiger partial charge in [-0.2, -0.15) is 0 Å². The number of hydrogen-bond acceptors (Lipinski definition) is 6. The molecule has 2 amide bonds. The van der Waals surface area contributed by atoms with Crippen LogP contribution in [0.1, 0.15) is 36.8 Å². The Morgan fingerprint density at radius 1 is 0.857 bits per heavy atom. The lowest BCUT2D eigenvalue weighted by Gasteiger charge is -2.42. The number of phenolic OH excluding ortho intramolecular Hbond substituents is 2. The Bertz CT molecular complexity index is 1810. The molecule has 7 heteroatoms. The summed E-state index contributed by atoms with van der Waals surface area (Å²) in [6, 6.07) is 17.5. The van der Waals surface area contributed by atoms with Crippen molar-refractivity contribution in [3.8, 4) is 11.5 Å².